The molecule has 134 valence electrons. The van der Waals surface area contributed by atoms with Crippen LogP contribution in [0.15, 0.2) is 0 Å². The summed E-state index contributed by atoms with van der Waals surface area (Å²) in [5.74, 6) is 0.639. The van der Waals surface area contributed by atoms with E-state index in [2.05, 4.69) is 9.80 Å². The second kappa shape index (κ2) is 7.70. The van der Waals surface area contributed by atoms with Crippen molar-refractivity contribution in [2.24, 2.45) is 0 Å². The van der Waals surface area contributed by atoms with Crippen LogP contribution in [0.4, 0.5) is 0 Å². The van der Waals surface area contributed by atoms with Gasteiger partial charge in [0.05, 0.1) is 26.4 Å². The molecule has 24 heavy (non-hydrogen) atoms. The van der Waals surface area contributed by atoms with Gasteiger partial charge in [0.2, 0.25) is 0 Å². The average molecular weight is 336 g/mol. The van der Waals surface area contributed by atoms with Gasteiger partial charge in [0.15, 0.2) is 0 Å². The Labute approximate surface area is 143 Å². The maximum absolute atomic E-state index is 10.9. The molecular formula is C18H28N2O4. The number of ether oxygens (including phenoxy) is 2. The van der Waals surface area contributed by atoms with Crippen LogP contribution in [0.3, 0.4) is 0 Å². The number of aromatic hydroxyl groups is 2. The number of hydrogen-bond donors (Lipinski definition) is 2. The number of benzene rings is 1. The van der Waals surface area contributed by atoms with Crippen molar-refractivity contribution in [3.05, 3.63) is 22.3 Å². The van der Waals surface area contributed by atoms with E-state index in [-0.39, 0.29) is 0 Å². The topological polar surface area (TPSA) is 65.4 Å². The highest BCUT2D eigenvalue weighted by atomic mass is 16.5. The fourth-order valence-electron chi connectivity index (χ4n) is 3.46. The van der Waals surface area contributed by atoms with Crippen LogP contribution >= 0.6 is 0 Å². The van der Waals surface area contributed by atoms with E-state index < -0.39 is 0 Å². The first-order chi connectivity index (χ1) is 11.6. The lowest BCUT2D eigenvalue weighted by atomic mass is 9.95. The van der Waals surface area contributed by atoms with E-state index in [1.54, 1.807) is 0 Å². The van der Waals surface area contributed by atoms with Crippen molar-refractivity contribution in [3.63, 3.8) is 0 Å². The lowest BCUT2D eigenvalue weighted by Gasteiger charge is -2.30. The third kappa shape index (κ3) is 3.67. The molecule has 2 saturated heterocycles. The summed E-state index contributed by atoms with van der Waals surface area (Å²) in [6.07, 6.45) is 0. The van der Waals surface area contributed by atoms with Crippen molar-refractivity contribution in [2.75, 3.05) is 52.6 Å². The van der Waals surface area contributed by atoms with E-state index in [1.165, 1.54) is 0 Å². The Bertz CT molecular complexity index is 532. The zero-order chi connectivity index (χ0) is 17.1. The van der Waals surface area contributed by atoms with E-state index in [0.29, 0.717) is 24.6 Å². The Balaban J connectivity index is 1.87. The molecule has 2 heterocycles. The predicted molar refractivity (Wildman–Crippen MR) is 91.4 cm³/mol. The van der Waals surface area contributed by atoms with E-state index in [0.717, 1.165) is 74.9 Å². The monoisotopic (exact) mass is 336 g/mol. The molecule has 0 saturated carbocycles. The van der Waals surface area contributed by atoms with E-state index in [4.69, 9.17) is 9.47 Å². The van der Waals surface area contributed by atoms with Gasteiger partial charge in [-0.2, -0.15) is 0 Å². The Morgan fingerprint density at radius 2 is 1.08 bits per heavy atom. The molecule has 6 heteroatoms. The van der Waals surface area contributed by atoms with Crippen LogP contribution in [0.5, 0.6) is 11.5 Å². The van der Waals surface area contributed by atoms with Gasteiger partial charge in [0, 0.05) is 50.4 Å². The molecule has 0 amide bonds. The molecule has 3 rings (SSSR count). The van der Waals surface area contributed by atoms with Crippen LogP contribution in [-0.2, 0) is 22.6 Å². The molecule has 0 bridgehead atoms. The maximum atomic E-state index is 10.9. The lowest BCUT2D eigenvalue weighted by molar-refractivity contribution is 0.0326. The molecule has 2 fully saturated rings. The molecule has 0 spiro atoms. The van der Waals surface area contributed by atoms with Gasteiger partial charge in [-0.3, -0.25) is 9.80 Å². The smallest absolute Gasteiger partial charge is 0.125 e. The normalized spacial score (nSPS) is 20.4. The van der Waals surface area contributed by atoms with Crippen molar-refractivity contribution in [3.8, 4) is 11.5 Å². The zero-order valence-corrected chi connectivity index (χ0v) is 14.7. The van der Waals surface area contributed by atoms with Crippen molar-refractivity contribution in [1.29, 1.82) is 0 Å². The molecule has 0 atom stereocenters. The van der Waals surface area contributed by atoms with Crippen LogP contribution in [0, 0.1) is 13.8 Å². The van der Waals surface area contributed by atoms with Crippen LogP contribution in [-0.4, -0.2) is 72.6 Å². The second-order valence-electron chi connectivity index (χ2n) is 6.68. The summed E-state index contributed by atoms with van der Waals surface area (Å²) in [6.45, 7) is 11.4. The Morgan fingerprint density at radius 3 is 1.46 bits per heavy atom. The Morgan fingerprint density at radius 1 is 0.708 bits per heavy atom. The summed E-state index contributed by atoms with van der Waals surface area (Å²) >= 11 is 0. The summed E-state index contributed by atoms with van der Waals surface area (Å²) in [7, 11) is 0. The van der Waals surface area contributed by atoms with Crippen LogP contribution in [0.1, 0.15) is 22.3 Å². The number of phenolic OH excluding ortho intramolecular Hbond substituents is 2. The molecule has 1 aromatic rings. The summed E-state index contributed by atoms with van der Waals surface area (Å²) in [6, 6.07) is 0. The fraction of sp³-hybridized carbons (Fsp3) is 0.667. The van der Waals surface area contributed by atoms with Crippen LogP contribution < -0.4 is 0 Å². The minimum Gasteiger partial charge on any atom is -0.507 e. The van der Waals surface area contributed by atoms with Gasteiger partial charge in [-0.25, -0.2) is 0 Å². The third-order valence-corrected chi connectivity index (χ3v) is 5.16. The SMILES string of the molecule is Cc1c(O)c(C)c(CN2CCOCC2)c(O)c1CN1CCOCC1. The maximum Gasteiger partial charge on any atom is 0.125 e. The van der Waals surface area contributed by atoms with Crippen LogP contribution in [0.2, 0.25) is 0 Å². The number of phenols is 2. The number of morpholine rings is 2. The van der Waals surface area contributed by atoms with Gasteiger partial charge in [0.25, 0.3) is 0 Å². The lowest BCUT2D eigenvalue weighted by Crippen LogP contribution is -2.36. The molecule has 0 unspecified atom stereocenters. The van der Waals surface area contributed by atoms with Gasteiger partial charge >= 0.3 is 0 Å². The standard InChI is InChI=1S/C18H28N2O4/c1-13-15(11-19-3-7-23-8-4-19)18(22)16(14(2)17(13)21)12-20-5-9-24-10-6-20/h21-22H,3-12H2,1-2H3. The fourth-order valence-corrected chi connectivity index (χ4v) is 3.46. The summed E-state index contributed by atoms with van der Waals surface area (Å²) in [4.78, 5) is 4.53. The summed E-state index contributed by atoms with van der Waals surface area (Å²) in [5, 5.41) is 21.5. The van der Waals surface area contributed by atoms with E-state index >= 15 is 0 Å². The molecule has 0 aliphatic carbocycles. The highest BCUT2D eigenvalue weighted by molar-refractivity contribution is 5.57. The van der Waals surface area contributed by atoms with Crippen molar-refractivity contribution in [1.82, 2.24) is 9.80 Å². The minimum absolute atomic E-state index is 0.305. The summed E-state index contributed by atoms with van der Waals surface area (Å²) in [5.41, 5.74) is 3.23. The molecule has 0 aromatic heterocycles. The number of hydrogen-bond acceptors (Lipinski definition) is 6. The van der Waals surface area contributed by atoms with Gasteiger partial charge < -0.3 is 19.7 Å². The van der Waals surface area contributed by atoms with Gasteiger partial charge in [0.1, 0.15) is 11.5 Å². The zero-order valence-electron chi connectivity index (χ0n) is 14.7. The van der Waals surface area contributed by atoms with Gasteiger partial charge in [-0.15, -0.1) is 0 Å². The highest BCUT2D eigenvalue weighted by Crippen LogP contribution is 2.38. The molecule has 6 nitrogen and oxygen atoms in total. The Kier molecular flexibility index (Phi) is 5.61. The van der Waals surface area contributed by atoms with Gasteiger partial charge in [-0.05, 0) is 25.0 Å². The average Bonchev–Trinajstić information content (AvgIpc) is 2.62. The quantitative estimate of drug-likeness (QED) is 0.810. The molecule has 2 aliphatic heterocycles. The molecule has 2 N–H and O–H groups in total. The molecular weight excluding hydrogens is 308 g/mol. The van der Waals surface area contributed by atoms with E-state index in [9.17, 15) is 10.2 Å². The first-order valence-electron chi connectivity index (χ1n) is 8.71. The number of nitrogens with zero attached hydrogens (tertiary/aromatic N) is 2. The first-order valence-corrected chi connectivity index (χ1v) is 8.71. The van der Waals surface area contributed by atoms with Crippen molar-refractivity contribution >= 4 is 0 Å². The van der Waals surface area contributed by atoms with Crippen molar-refractivity contribution in [2.45, 2.75) is 26.9 Å². The minimum atomic E-state index is 0.305. The second-order valence-corrected chi connectivity index (χ2v) is 6.68. The highest BCUT2D eigenvalue weighted by Gasteiger charge is 2.23. The van der Waals surface area contributed by atoms with E-state index in [1.807, 2.05) is 13.8 Å². The largest absolute Gasteiger partial charge is 0.507 e. The first kappa shape index (κ1) is 17.5. The molecule has 1 aromatic carbocycles. The molecule has 2 aliphatic rings. The number of rotatable bonds is 4. The third-order valence-electron chi connectivity index (χ3n) is 5.16. The Hall–Kier alpha value is -1.34. The van der Waals surface area contributed by atoms with Crippen molar-refractivity contribution < 1.29 is 19.7 Å². The van der Waals surface area contributed by atoms with Gasteiger partial charge in [-0.1, -0.05) is 0 Å². The molecule has 0 radical (unpaired) electrons. The summed E-state index contributed by atoms with van der Waals surface area (Å²) < 4.78 is 10.8. The predicted octanol–water partition coefficient (Wildman–Crippen LogP) is 1.38. The van der Waals surface area contributed by atoms with Crippen LogP contribution in [0.25, 0.3) is 0 Å².